The number of halogens is 1. The minimum Gasteiger partial charge on any atom is -0.496 e. The first-order valence-electron chi connectivity index (χ1n) is 8.80. The Balaban J connectivity index is 1.91. The van der Waals surface area contributed by atoms with Crippen LogP contribution in [0.4, 0.5) is 5.69 Å². The van der Waals surface area contributed by atoms with E-state index < -0.39 is 0 Å². The second-order valence-corrected chi connectivity index (χ2v) is 7.08. The molecular weight excluding hydrogens is 364 g/mol. The molecule has 1 amide bonds. The monoisotopic (exact) mass is 390 g/mol. The number of benzene rings is 2. The van der Waals surface area contributed by atoms with Crippen LogP contribution in [0.15, 0.2) is 30.3 Å². The number of nitrogens with one attached hydrogen (secondary N) is 1. The largest absolute Gasteiger partial charge is 0.496 e. The van der Waals surface area contributed by atoms with Crippen LogP contribution in [0.25, 0.3) is 0 Å². The summed E-state index contributed by atoms with van der Waals surface area (Å²) in [6, 6.07) is 9.39. The van der Waals surface area contributed by atoms with Gasteiger partial charge < -0.3 is 19.7 Å². The van der Waals surface area contributed by atoms with Crippen molar-refractivity contribution in [2.75, 3.05) is 33.1 Å². The first kappa shape index (κ1) is 21.1. The number of amides is 1. The quantitative estimate of drug-likeness (QED) is 0.724. The Morgan fingerprint density at radius 2 is 1.78 bits per heavy atom. The van der Waals surface area contributed by atoms with Crippen molar-refractivity contribution in [1.29, 1.82) is 0 Å². The fraction of sp³-hybridized carbons (Fsp3) is 0.381. The molecule has 0 bridgehead atoms. The zero-order valence-electron chi connectivity index (χ0n) is 16.6. The van der Waals surface area contributed by atoms with Crippen molar-refractivity contribution in [3.8, 4) is 11.5 Å². The molecule has 0 aliphatic heterocycles. The highest BCUT2D eigenvalue weighted by atomic mass is 35.5. The van der Waals surface area contributed by atoms with Crippen LogP contribution in [0.3, 0.4) is 0 Å². The molecule has 0 heterocycles. The molecule has 2 rings (SSSR count). The van der Waals surface area contributed by atoms with Gasteiger partial charge >= 0.3 is 0 Å². The lowest BCUT2D eigenvalue weighted by atomic mass is 10.1. The van der Waals surface area contributed by atoms with E-state index in [9.17, 15) is 4.79 Å². The molecule has 0 fully saturated rings. The van der Waals surface area contributed by atoms with Crippen LogP contribution in [0.5, 0.6) is 11.5 Å². The summed E-state index contributed by atoms with van der Waals surface area (Å²) in [4.78, 5) is 14.4. The van der Waals surface area contributed by atoms with E-state index in [-0.39, 0.29) is 5.91 Å². The Kier molecular flexibility index (Phi) is 7.51. The maximum absolute atomic E-state index is 12.3. The molecule has 0 spiro atoms. The lowest BCUT2D eigenvalue weighted by Gasteiger charge is -2.18. The number of aryl methyl sites for hydroxylation is 2. The maximum Gasteiger partial charge on any atom is 0.225 e. The molecule has 0 aromatic heterocycles. The van der Waals surface area contributed by atoms with E-state index in [1.54, 1.807) is 32.4 Å². The van der Waals surface area contributed by atoms with Gasteiger partial charge in [-0.3, -0.25) is 4.79 Å². The normalized spacial score (nSPS) is 10.8. The summed E-state index contributed by atoms with van der Waals surface area (Å²) < 4.78 is 10.7. The van der Waals surface area contributed by atoms with Crippen LogP contribution in [-0.4, -0.2) is 38.6 Å². The fourth-order valence-electron chi connectivity index (χ4n) is 3.13. The molecule has 0 atom stereocenters. The van der Waals surface area contributed by atoms with E-state index in [4.69, 9.17) is 21.1 Å². The Labute approximate surface area is 166 Å². The zero-order valence-corrected chi connectivity index (χ0v) is 17.3. The SMILES string of the molecule is COc1ccc(Cl)cc1NC(=O)CCN(C)Cc1cc(C)c(OC)c(C)c1. The first-order chi connectivity index (χ1) is 12.8. The van der Waals surface area contributed by atoms with Gasteiger partial charge in [-0.15, -0.1) is 0 Å². The third kappa shape index (κ3) is 5.88. The van der Waals surface area contributed by atoms with E-state index in [2.05, 4.69) is 22.3 Å². The second-order valence-electron chi connectivity index (χ2n) is 6.64. The maximum atomic E-state index is 12.3. The molecule has 5 nitrogen and oxygen atoms in total. The third-order valence-electron chi connectivity index (χ3n) is 4.33. The van der Waals surface area contributed by atoms with Crippen molar-refractivity contribution in [2.45, 2.75) is 26.8 Å². The van der Waals surface area contributed by atoms with Crippen LogP contribution in [-0.2, 0) is 11.3 Å². The molecule has 2 aromatic carbocycles. The lowest BCUT2D eigenvalue weighted by molar-refractivity contribution is -0.116. The second kappa shape index (κ2) is 9.62. The number of anilines is 1. The van der Waals surface area contributed by atoms with Crippen LogP contribution >= 0.6 is 11.6 Å². The van der Waals surface area contributed by atoms with Crippen molar-refractivity contribution >= 4 is 23.2 Å². The highest BCUT2D eigenvalue weighted by Crippen LogP contribution is 2.28. The molecule has 0 aliphatic carbocycles. The van der Waals surface area contributed by atoms with E-state index >= 15 is 0 Å². The summed E-state index contributed by atoms with van der Waals surface area (Å²) in [6.07, 6.45) is 0.375. The van der Waals surface area contributed by atoms with E-state index in [1.807, 2.05) is 20.9 Å². The van der Waals surface area contributed by atoms with Crippen molar-refractivity contribution in [3.05, 3.63) is 52.0 Å². The summed E-state index contributed by atoms with van der Waals surface area (Å²) in [7, 11) is 5.25. The molecular formula is C21H27ClN2O3. The molecule has 27 heavy (non-hydrogen) atoms. The van der Waals surface area contributed by atoms with Crippen molar-refractivity contribution < 1.29 is 14.3 Å². The number of hydrogen-bond donors (Lipinski definition) is 1. The predicted octanol–water partition coefficient (Wildman–Crippen LogP) is 4.43. The summed E-state index contributed by atoms with van der Waals surface area (Å²) in [5, 5.41) is 3.41. The Morgan fingerprint density at radius 3 is 2.37 bits per heavy atom. The van der Waals surface area contributed by atoms with Gasteiger partial charge in [-0.05, 0) is 55.8 Å². The van der Waals surface area contributed by atoms with Gasteiger partial charge in [0.25, 0.3) is 0 Å². The van der Waals surface area contributed by atoms with Gasteiger partial charge in [-0.2, -0.15) is 0 Å². The molecule has 2 aromatic rings. The minimum absolute atomic E-state index is 0.0792. The lowest BCUT2D eigenvalue weighted by Crippen LogP contribution is -2.24. The number of methoxy groups -OCH3 is 2. The smallest absolute Gasteiger partial charge is 0.225 e. The van der Waals surface area contributed by atoms with E-state index in [1.165, 1.54) is 5.56 Å². The average Bonchev–Trinajstić information content (AvgIpc) is 2.60. The summed E-state index contributed by atoms with van der Waals surface area (Å²) >= 11 is 6.00. The molecule has 0 saturated carbocycles. The van der Waals surface area contributed by atoms with E-state index in [0.717, 1.165) is 23.4 Å². The van der Waals surface area contributed by atoms with Gasteiger partial charge in [0, 0.05) is 24.5 Å². The molecule has 0 aliphatic rings. The van der Waals surface area contributed by atoms with Crippen molar-refractivity contribution in [3.63, 3.8) is 0 Å². The minimum atomic E-state index is -0.0792. The Hall–Kier alpha value is -2.24. The predicted molar refractivity (Wildman–Crippen MR) is 110 cm³/mol. The average molecular weight is 391 g/mol. The number of hydrogen-bond acceptors (Lipinski definition) is 4. The number of ether oxygens (including phenoxy) is 2. The topological polar surface area (TPSA) is 50.8 Å². The van der Waals surface area contributed by atoms with E-state index in [0.29, 0.717) is 29.4 Å². The first-order valence-corrected chi connectivity index (χ1v) is 9.18. The molecule has 1 N–H and O–H groups in total. The summed E-state index contributed by atoms with van der Waals surface area (Å²) in [5.74, 6) is 1.44. The van der Waals surface area contributed by atoms with Gasteiger partial charge in [0.1, 0.15) is 11.5 Å². The van der Waals surface area contributed by atoms with Crippen molar-refractivity contribution in [2.24, 2.45) is 0 Å². The Bertz CT molecular complexity index is 785. The van der Waals surface area contributed by atoms with Crippen molar-refractivity contribution in [1.82, 2.24) is 4.90 Å². The number of carbonyl (C=O) groups excluding carboxylic acids is 1. The highest BCUT2D eigenvalue weighted by molar-refractivity contribution is 6.31. The van der Waals surface area contributed by atoms with Gasteiger partial charge in [0.2, 0.25) is 5.91 Å². The van der Waals surface area contributed by atoms with Gasteiger partial charge in [0.15, 0.2) is 0 Å². The molecule has 0 saturated heterocycles. The number of carbonyl (C=O) groups is 1. The zero-order chi connectivity index (χ0) is 20.0. The molecule has 0 unspecified atom stereocenters. The van der Waals surface area contributed by atoms with Gasteiger partial charge in [0.05, 0.1) is 19.9 Å². The molecule has 0 radical (unpaired) electrons. The fourth-order valence-corrected chi connectivity index (χ4v) is 3.30. The summed E-state index contributed by atoms with van der Waals surface area (Å²) in [6.45, 7) is 5.49. The number of nitrogens with zero attached hydrogens (tertiary/aromatic N) is 1. The van der Waals surface area contributed by atoms with Gasteiger partial charge in [-0.1, -0.05) is 23.7 Å². The van der Waals surface area contributed by atoms with Crippen LogP contribution in [0.1, 0.15) is 23.1 Å². The number of rotatable bonds is 8. The standard InChI is InChI=1S/C21H27ClN2O3/c1-14-10-16(11-15(2)21(14)27-5)13-24(3)9-8-20(25)23-18-12-17(22)6-7-19(18)26-4/h6-7,10-12H,8-9,13H2,1-5H3,(H,23,25). The summed E-state index contributed by atoms with van der Waals surface area (Å²) in [5.41, 5.74) is 4.02. The third-order valence-corrected chi connectivity index (χ3v) is 4.57. The van der Waals surface area contributed by atoms with Crippen LogP contribution < -0.4 is 14.8 Å². The highest BCUT2D eigenvalue weighted by Gasteiger charge is 2.11. The van der Waals surface area contributed by atoms with Crippen LogP contribution in [0, 0.1) is 13.8 Å². The van der Waals surface area contributed by atoms with Crippen LogP contribution in [0.2, 0.25) is 5.02 Å². The molecule has 146 valence electrons. The van der Waals surface area contributed by atoms with Gasteiger partial charge in [-0.25, -0.2) is 0 Å². The molecule has 6 heteroatoms. The Morgan fingerprint density at radius 1 is 1.11 bits per heavy atom.